The lowest BCUT2D eigenvalue weighted by Gasteiger charge is -2.10. The van der Waals surface area contributed by atoms with Crippen molar-refractivity contribution < 1.29 is 9.13 Å². The highest BCUT2D eigenvalue weighted by Gasteiger charge is 2.07. The van der Waals surface area contributed by atoms with Gasteiger partial charge < -0.3 is 4.74 Å². The van der Waals surface area contributed by atoms with Gasteiger partial charge in [0.2, 0.25) is 0 Å². The monoisotopic (exact) mass is 202 g/mol. The molecule has 0 heterocycles. The van der Waals surface area contributed by atoms with E-state index in [9.17, 15) is 4.39 Å². The number of methoxy groups -OCH3 is 1. The fraction of sp³-hybridized carbons (Fsp3) is 0.400. The van der Waals surface area contributed by atoms with Gasteiger partial charge in [0.15, 0.2) is 0 Å². The summed E-state index contributed by atoms with van der Waals surface area (Å²) < 4.78 is 17.8. The highest BCUT2D eigenvalue weighted by Crippen LogP contribution is 2.21. The van der Waals surface area contributed by atoms with Gasteiger partial charge in [-0.3, -0.25) is 0 Å². The van der Waals surface area contributed by atoms with Crippen LogP contribution in [0.25, 0.3) is 0 Å². The van der Waals surface area contributed by atoms with Gasteiger partial charge in [-0.2, -0.15) is 0 Å². The summed E-state index contributed by atoms with van der Waals surface area (Å²) in [6, 6.07) is 4.75. The van der Waals surface area contributed by atoms with E-state index < -0.39 is 0 Å². The average molecular weight is 203 g/mol. The third kappa shape index (κ3) is 2.68. The van der Waals surface area contributed by atoms with Crippen molar-refractivity contribution in [2.75, 3.05) is 13.7 Å². The molecule has 0 aliphatic heterocycles. The second-order valence-electron chi connectivity index (χ2n) is 3.03. The van der Waals surface area contributed by atoms with Crippen molar-refractivity contribution in [2.24, 2.45) is 0 Å². The molecule has 1 aromatic carbocycles. The fourth-order valence-corrected chi connectivity index (χ4v) is 1.35. The number of hydrogen-bond acceptors (Lipinski definition) is 1. The molecule has 0 amide bonds. The first-order chi connectivity index (χ1) is 6.15. The Morgan fingerprint density at radius 1 is 1.54 bits per heavy atom. The van der Waals surface area contributed by atoms with Crippen molar-refractivity contribution in [2.45, 2.75) is 12.8 Å². The minimum Gasteiger partial charge on any atom is -0.384 e. The minimum atomic E-state index is -0.380. The molecule has 0 aliphatic carbocycles. The van der Waals surface area contributed by atoms with Gasteiger partial charge >= 0.3 is 0 Å². The average Bonchev–Trinajstić information content (AvgIpc) is 2.10. The molecule has 0 N–H and O–H groups in total. The van der Waals surface area contributed by atoms with E-state index in [0.29, 0.717) is 6.61 Å². The summed E-state index contributed by atoms with van der Waals surface area (Å²) >= 11 is 5.64. The zero-order valence-corrected chi connectivity index (χ0v) is 8.44. The summed E-state index contributed by atoms with van der Waals surface area (Å²) in [5.74, 6) is -0.141. The standard InChI is InChI=1S/C10H12ClFO/c1-7(6-13-2)8-3-4-10(12)9(11)5-8/h3-5,7H,6H2,1-2H3. The summed E-state index contributed by atoms with van der Waals surface area (Å²) in [4.78, 5) is 0. The van der Waals surface area contributed by atoms with Gasteiger partial charge in [-0.05, 0) is 17.7 Å². The molecule has 0 saturated carbocycles. The molecule has 1 unspecified atom stereocenters. The van der Waals surface area contributed by atoms with E-state index >= 15 is 0 Å². The van der Waals surface area contributed by atoms with Crippen LogP contribution in [0, 0.1) is 5.82 Å². The Morgan fingerprint density at radius 2 is 2.23 bits per heavy atom. The zero-order chi connectivity index (χ0) is 9.84. The molecule has 3 heteroatoms. The van der Waals surface area contributed by atoms with E-state index in [4.69, 9.17) is 16.3 Å². The molecular formula is C10H12ClFO. The van der Waals surface area contributed by atoms with Crippen LogP contribution < -0.4 is 0 Å². The molecule has 0 saturated heterocycles. The molecular weight excluding hydrogens is 191 g/mol. The highest BCUT2D eigenvalue weighted by molar-refractivity contribution is 6.30. The van der Waals surface area contributed by atoms with Crippen molar-refractivity contribution in [1.82, 2.24) is 0 Å². The van der Waals surface area contributed by atoms with Gasteiger partial charge in [0, 0.05) is 13.0 Å². The first-order valence-corrected chi connectivity index (χ1v) is 4.47. The van der Waals surface area contributed by atoms with Crippen LogP contribution in [0.4, 0.5) is 4.39 Å². The molecule has 72 valence electrons. The maximum Gasteiger partial charge on any atom is 0.141 e. The highest BCUT2D eigenvalue weighted by atomic mass is 35.5. The zero-order valence-electron chi connectivity index (χ0n) is 7.68. The molecule has 13 heavy (non-hydrogen) atoms. The summed E-state index contributed by atoms with van der Waals surface area (Å²) in [7, 11) is 1.64. The van der Waals surface area contributed by atoms with Crippen molar-refractivity contribution in [3.63, 3.8) is 0 Å². The van der Waals surface area contributed by atoms with Gasteiger partial charge in [0.1, 0.15) is 5.82 Å². The topological polar surface area (TPSA) is 9.23 Å². The Bertz CT molecular complexity index is 288. The van der Waals surface area contributed by atoms with Crippen LogP contribution in [0.2, 0.25) is 5.02 Å². The van der Waals surface area contributed by atoms with Crippen LogP contribution in [0.3, 0.4) is 0 Å². The lowest BCUT2D eigenvalue weighted by Crippen LogP contribution is -2.01. The quantitative estimate of drug-likeness (QED) is 0.731. The smallest absolute Gasteiger partial charge is 0.141 e. The largest absolute Gasteiger partial charge is 0.384 e. The van der Waals surface area contributed by atoms with Crippen LogP contribution in [0.15, 0.2) is 18.2 Å². The summed E-state index contributed by atoms with van der Waals surface area (Å²) in [6.07, 6.45) is 0. The van der Waals surface area contributed by atoms with Gasteiger partial charge in [0.25, 0.3) is 0 Å². The van der Waals surface area contributed by atoms with Gasteiger partial charge in [-0.25, -0.2) is 4.39 Å². The molecule has 1 aromatic rings. The van der Waals surface area contributed by atoms with Gasteiger partial charge in [-0.1, -0.05) is 24.6 Å². The van der Waals surface area contributed by atoms with Crippen LogP contribution in [-0.4, -0.2) is 13.7 Å². The molecule has 0 spiro atoms. The van der Waals surface area contributed by atoms with E-state index in [1.807, 2.05) is 6.92 Å². The molecule has 0 aromatic heterocycles. The second-order valence-corrected chi connectivity index (χ2v) is 3.44. The van der Waals surface area contributed by atoms with Crippen molar-refractivity contribution >= 4 is 11.6 Å². The number of ether oxygens (including phenoxy) is 1. The maximum absolute atomic E-state index is 12.8. The summed E-state index contributed by atoms with van der Waals surface area (Å²) in [5.41, 5.74) is 0.994. The Balaban J connectivity index is 2.84. The van der Waals surface area contributed by atoms with Crippen molar-refractivity contribution in [1.29, 1.82) is 0 Å². The predicted molar refractivity (Wildman–Crippen MR) is 51.7 cm³/mol. The normalized spacial score (nSPS) is 12.9. The predicted octanol–water partition coefficient (Wildman–Crippen LogP) is 3.23. The fourth-order valence-electron chi connectivity index (χ4n) is 1.17. The molecule has 0 radical (unpaired) electrons. The summed E-state index contributed by atoms with van der Waals surface area (Å²) in [6.45, 7) is 2.62. The van der Waals surface area contributed by atoms with Crippen molar-refractivity contribution in [3.05, 3.63) is 34.6 Å². The Hall–Kier alpha value is -0.600. The lowest BCUT2D eigenvalue weighted by molar-refractivity contribution is 0.184. The Kier molecular flexibility index (Phi) is 3.70. The van der Waals surface area contributed by atoms with Crippen LogP contribution in [0.1, 0.15) is 18.4 Å². The molecule has 0 bridgehead atoms. The summed E-state index contributed by atoms with van der Waals surface area (Å²) in [5, 5.41) is 0.167. The third-order valence-electron chi connectivity index (χ3n) is 1.93. The van der Waals surface area contributed by atoms with Crippen molar-refractivity contribution in [3.8, 4) is 0 Å². The SMILES string of the molecule is COCC(C)c1ccc(F)c(Cl)c1. The Morgan fingerprint density at radius 3 is 2.77 bits per heavy atom. The maximum atomic E-state index is 12.8. The molecule has 0 aliphatic rings. The van der Waals surface area contributed by atoms with Crippen LogP contribution >= 0.6 is 11.6 Å². The first-order valence-electron chi connectivity index (χ1n) is 4.09. The van der Waals surface area contributed by atoms with E-state index in [1.54, 1.807) is 19.2 Å². The second kappa shape index (κ2) is 4.58. The third-order valence-corrected chi connectivity index (χ3v) is 2.22. The number of rotatable bonds is 3. The van der Waals surface area contributed by atoms with Gasteiger partial charge in [-0.15, -0.1) is 0 Å². The van der Waals surface area contributed by atoms with E-state index in [0.717, 1.165) is 5.56 Å². The molecule has 1 nitrogen and oxygen atoms in total. The number of benzene rings is 1. The van der Waals surface area contributed by atoms with Crippen LogP contribution in [-0.2, 0) is 4.74 Å². The minimum absolute atomic E-state index is 0.167. The van der Waals surface area contributed by atoms with E-state index in [2.05, 4.69) is 0 Å². The number of halogens is 2. The first kappa shape index (κ1) is 10.5. The molecule has 0 fully saturated rings. The molecule has 1 atom stereocenters. The van der Waals surface area contributed by atoms with Crippen LogP contribution in [0.5, 0.6) is 0 Å². The Labute approximate surface area is 82.5 Å². The van der Waals surface area contributed by atoms with E-state index in [-0.39, 0.29) is 16.8 Å². The number of hydrogen-bond donors (Lipinski definition) is 0. The molecule has 1 rings (SSSR count). The van der Waals surface area contributed by atoms with E-state index in [1.165, 1.54) is 6.07 Å². The van der Waals surface area contributed by atoms with Gasteiger partial charge in [0.05, 0.1) is 11.6 Å². The lowest BCUT2D eigenvalue weighted by atomic mass is 10.0.